The summed E-state index contributed by atoms with van der Waals surface area (Å²) in [5.74, 6) is 2.75. The molecule has 33 heteroatoms. The van der Waals surface area contributed by atoms with E-state index in [1.807, 2.05) is 119 Å². The van der Waals surface area contributed by atoms with Crippen molar-refractivity contribution < 1.29 is 9.47 Å². The molecule has 0 amide bonds. The van der Waals surface area contributed by atoms with Gasteiger partial charge in [0.05, 0.1) is 109 Å². The molecule has 0 saturated carbocycles. The van der Waals surface area contributed by atoms with Crippen molar-refractivity contribution in [1.29, 1.82) is 0 Å². The van der Waals surface area contributed by atoms with Crippen LogP contribution in [0.5, 0.6) is 5.88 Å². The SMILES string of the molecule is Cc1ccc2c(c1)NC(=S)Cc1cnc(Nc3ccc(OC4CCN(C)CC4)nc3C)nc1-2.Cc1nc(CCCCN(C)C)ccc1Nc1ncc2c(n1)-c1ccc(Cl)cc1NC(=S)C2.S=C1Cc2cnc(Nc3cncc(CCN4CCOCC4)c3)nc2-c2ccc(Cl)cc2N1.[C-]#[N+]c1ccc2c(c1)NC(=S)Cc1cnc(Nc3cc(CCCN(C)C)cnc3C)nc1-2. The quantitative estimate of drug-likeness (QED) is 0.0178. The Bertz CT molecular complexity index is 6200. The Kier molecular flexibility index (Phi) is 30.7. The number of rotatable bonds is 22. The van der Waals surface area contributed by atoms with E-state index in [2.05, 4.69) is 186 Å². The first-order valence-corrected chi connectivity index (χ1v) is 45.5. The van der Waals surface area contributed by atoms with Crippen LogP contribution in [0.15, 0.2) is 153 Å². The number of thiocarbonyl (C=S) groups is 4. The van der Waals surface area contributed by atoms with Crippen molar-refractivity contribution in [2.75, 3.05) is 137 Å². The highest BCUT2D eigenvalue weighted by Crippen LogP contribution is 2.41. The summed E-state index contributed by atoms with van der Waals surface area (Å²) < 4.78 is 11.5. The van der Waals surface area contributed by atoms with E-state index >= 15 is 0 Å². The molecule has 27 nitrogen and oxygen atoms in total. The first-order valence-electron chi connectivity index (χ1n) is 43.1. The van der Waals surface area contributed by atoms with Crippen LogP contribution >= 0.6 is 72.1 Å². The standard InChI is InChI=1S/C25H28N6OS.C24H27ClN6S.C24H25N7S.C23H23ClN6OS/c1-15-4-5-19-21(12-15)28-23(33)13-17-14-26-25(30-24(17)19)29-20-6-7-22(27-16(20)2)32-18-8-10-31(3)11-9-18;1-15-20(10-8-18(27-15)6-4-5-11-31(2)3)29-24-26-14-16-12-22(32)28-21-13-17(25)7-9-19(21)23(16)30-24;1-15-20(10-16(13-26-15)6-5-9-31(3)4)29-24-27-14-17-11-22(32)28-21-12-18(25-2)7-8-19(21)23(17)30-24;24-17-1-2-19-20(11-17)28-21(32)10-16-13-26-23(29-22(16)19)27-18-9-15(12-25-14-18)3-4-30-5-7-31-8-6-30/h4-7,12,14,18H,8-11,13H2,1-3H3,(H,28,33)(H,26,29,30);7-10,13-14H,4-6,11-12H2,1-3H3,(H,28,32)(H,26,29,30);7-8,10,12-14H,5-6,9,11H2,1,3-4H3,(H,28,32)(H,27,29,30);1-2,9,11-14H,3-8,10H2,(H,28,32)(H,26,27,29). The molecule has 14 heterocycles. The molecular weight excluding hydrogens is 1730 g/mol. The second kappa shape index (κ2) is 43.1. The molecule has 8 aromatic heterocycles. The van der Waals surface area contributed by atoms with Gasteiger partial charge in [-0.2, -0.15) is 0 Å². The van der Waals surface area contributed by atoms with Crippen LogP contribution in [0.25, 0.3) is 49.9 Å². The van der Waals surface area contributed by atoms with Crippen molar-refractivity contribution in [2.24, 2.45) is 0 Å². The Labute approximate surface area is 784 Å². The third-order valence-corrected chi connectivity index (χ3v) is 24.0. The van der Waals surface area contributed by atoms with E-state index in [0.717, 1.165) is 250 Å². The van der Waals surface area contributed by atoms with Gasteiger partial charge in [-0.25, -0.2) is 49.7 Å². The Morgan fingerprint density at radius 1 is 0.473 bits per heavy atom. The van der Waals surface area contributed by atoms with Gasteiger partial charge in [-0.05, 0) is 223 Å². The lowest BCUT2D eigenvalue weighted by molar-refractivity contribution is 0.0384. The predicted molar refractivity (Wildman–Crippen MR) is 535 cm³/mol. The van der Waals surface area contributed by atoms with E-state index in [0.29, 0.717) is 81.1 Å². The summed E-state index contributed by atoms with van der Waals surface area (Å²) in [6.07, 6.45) is 23.8. The van der Waals surface area contributed by atoms with Crippen molar-refractivity contribution in [2.45, 2.75) is 111 Å². The number of aryl methyl sites for hydroxylation is 6. The molecule has 0 atom stereocenters. The number of anilines is 12. The summed E-state index contributed by atoms with van der Waals surface area (Å²) in [4.78, 5) is 71.4. The van der Waals surface area contributed by atoms with Gasteiger partial charge in [0.1, 0.15) is 6.10 Å². The number of ether oxygens (including phenoxy) is 2. The lowest BCUT2D eigenvalue weighted by Gasteiger charge is -2.29. The maximum Gasteiger partial charge on any atom is 0.227 e. The topological polar surface area (TPSA) is 287 Å². The molecule has 8 N–H and O–H groups in total. The number of halogens is 2. The number of nitrogens with one attached hydrogen (secondary N) is 8. The number of aromatic nitrogens is 12. The van der Waals surface area contributed by atoms with Gasteiger partial charge < -0.3 is 66.7 Å². The smallest absolute Gasteiger partial charge is 0.227 e. The third kappa shape index (κ3) is 24.8. The molecule has 12 aromatic rings. The second-order valence-corrected chi connectivity index (χ2v) is 36.1. The fraction of sp³-hybridized carbons (Fsp3) is 0.323. The molecule has 6 aliphatic heterocycles. The zero-order chi connectivity index (χ0) is 90.2. The van der Waals surface area contributed by atoms with Gasteiger partial charge in [-0.1, -0.05) is 96.3 Å². The van der Waals surface area contributed by atoms with Crippen LogP contribution in [-0.4, -0.2) is 200 Å². The first kappa shape index (κ1) is 92.0. The molecule has 0 unspecified atom stereocenters. The van der Waals surface area contributed by atoms with Crippen LogP contribution in [0, 0.1) is 34.3 Å². The summed E-state index contributed by atoms with van der Waals surface area (Å²) >= 11 is 34.3. The predicted octanol–water partition coefficient (Wildman–Crippen LogP) is 19.1. The molecule has 0 radical (unpaired) electrons. The van der Waals surface area contributed by atoms with Crippen molar-refractivity contribution >= 4 is 167 Å². The van der Waals surface area contributed by atoms with E-state index in [-0.39, 0.29) is 6.10 Å². The van der Waals surface area contributed by atoms with E-state index in [1.54, 1.807) is 12.3 Å². The number of likely N-dealkylation sites (tertiary alicyclic amines) is 1. The molecule has 662 valence electrons. The van der Waals surface area contributed by atoms with Crippen LogP contribution in [0.2, 0.25) is 10.0 Å². The highest BCUT2D eigenvalue weighted by molar-refractivity contribution is 7.81. The first-order chi connectivity index (χ1) is 62.4. The molecular formula is C96H103Cl2N25O2S4. The summed E-state index contributed by atoms with van der Waals surface area (Å²) in [7, 11) is 10.5. The Balaban J connectivity index is 0.000000132. The largest absolute Gasteiger partial charge is 0.474 e. The van der Waals surface area contributed by atoms with Crippen molar-refractivity contribution in [3.05, 3.63) is 236 Å². The lowest BCUT2D eigenvalue weighted by Crippen LogP contribution is -2.37. The minimum absolute atomic E-state index is 0.225. The molecule has 2 fully saturated rings. The maximum absolute atomic E-state index is 7.29. The van der Waals surface area contributed by atoms with Crippen LogP contribution in [-0.2, 0) is 49.7 Å². The maximum atomic E-state index is 7.29. The van der Waals surface area contributed by atoms with Gasteiger partial charge in [0, 0.05) is 185 Å². The highest BCUT2D eigenvalue weighted by atomic mass is 35.5. The molecule has 0 spiro atoms. The molecule has 129 heavy (non-hydrogen) atoms. The number of hydrogen-bond acceptors (Lipinski definition) is 26. The van der Waals surface area contributed by atoms with E-state index < -0.39 is 0 Å². The molecule has 18 rings (SSSR count). The molecule has 6 aliphatic rings. The zero-order valence-corrected chi connectivity index (χ0v) is 78.4. The average Bonchev–Trinajstić information content (AvgIpc) is 1.71. The lowest BCUT2D eigenvalue weighted by atomic mass is 10.0. The Morgan fingerprint density at radius 2 is 0.953 bits per heavy atom. The van der Waals surface area contributed by atoms with E-state index in [9.17, 15) is 0 Å². The van der Waals surface area contributed by atoms with Crippen LogP contribution in [0.3, 0.4) is 0 Å². The van der Waals surface area contributed by atoms with Gasteiger partial charge in [0.2, 0.25) is 29.7 Å². The number of unbranched alkanes of at least 4 members (excludes halogenated alkanes) is 1. The Hall–Kier alpha value is -11.8. The molecule has 0 aliphatic carbocycles. The molecule has 2 saturated heterocycles. The van der Waals surface area contributed by atoms with E-state index in [1.165, 1.54) is 23.1 Å². The second-order valence-electron chi connectivity index (χ2n) is 33.2. The minimum atomic E-state index is 0.225. The average molecular weight is 1840 g/mol. The zero-order valence-electron chi connectivity index (χ0n) is 73.7. The normalized spacial score (nSPS) is 14.4. The van der Waals surface area contributed by atoms with Crippen LogP contribution in [0.4, 0.5) is 75.0 Å². The summed E-state index contributed by atoms with van der Waals surface area (Å²) in [5, 5.41) is 27.7. The van der Waals surface area contributed by atoms with Gasteiger partial charge in [0.25, 0.3) is 0 Å². The third-order valence-electron chi connectivity index (χ3n) is 22.5. The number of morpholine rings is 1. The summed E-state index contributed by atoms with van der Waals surface area (Å²) in [6.45, 7) is 24.1. The minimum Gasteiger partial charge on any atom is -0.474 e. The Morgan fingerprint density at radius 3 is 1.48 bits per heavy atom. The number of nitrogens with zero attached hydrogens (tertiary/aromatic N) is 17. The van der Waals surface area contributed by atoms with Crippen molar-refractivity contribution in [3.8, 4) is 50.9 Å². The molecule has 0 bridgehead atoms. The number of benzene rings is 4. The monoisotopic (exact) mass is 1840 g/mol. The van der Waals surface area contributed by atoms with Crippen molar-refractivity contribution in [1.82, 2.24) is 79.4 Å². The van der Waals surface area contributed by atoms with Gasteiger partial charge >= 0.3 is 0 Å². The van der Waals surface area contributed by atoms with Gasteiger partial charge in [-0.15, -0.1) is 0 Å². The van der Waals surface area contributed by atoms with Gasteiger partial charge in [0.15, 0.2) is 5.69 Å². The number of fused-ring (bicyclic) bond motifs is 12. The summed E-state index contributed by atoms with van der Waals surface area (Å²) in [5.41, 5.74) is 26.1. The van der Waals surface area contributed by atoms with Gasteiger partial charge in [-0.3, -0.25) is 19.9 Å². The number of pyridine rings is 4. The number of hydrogen-bond donors (Lipinski definition) is 8. The fourth-order valence-electron chi connectivity index (χ4n) is 15.7. The van der Waals surface area contributed by atoms with Crippen molar-refractivity contribution in [3.63, 3.8) is 0 Å². The van der Waals surface area contributed by atoms with Crippen LogP contribution in [0.1, 0.15) is 93.8 Å². The number of piperidine rings is 1. The molecule has 4 aromatic carbocycles. The summed E-state index contributed by atoms with van der Waals surface area (Å²) in [6, 6.07) is 35.4. The van der Waals surface area contributed by atoms with E-state index in [4.69, 9.17) is 113 Å². The highest BCUT2D eigenvalue weighted by Gasteiger charge is 2.27. The fourth-order valence-corrected chi connectivity index (χ4v) is 17.1. The van der Waals surface area contributed by atoms with Crippen LogP contribution < -0.4 is 47.3 Å².